The van der Waals surface area contributed by atoms with Crippen molar-refractivity contribution < 1.29 is 46.9 Å². The highest BCUT2D eigenvalue weighted by atomic mass is 32.1. The highest BCUT2D eigenvalue weighted by Crippen LogP contribution is 2.40. The number of nitriles is 1. The number of β-amino-alcohol motifs (C(OH)–C–C–N with tert-alkyl or cyclic N) is 1. The van der Waals surface area contributed by atoms with Crippen LogP contribution in [-0.2, 0) is 25.4 Å². The van der Waals surface area contributed by atoms with E-state index in [0.29, 0.717) is 43.2 Å². The van der Waals surface area contributed by atoms with E-state index in [1.54, 1.807) is 74.6 Å². The quantitative estimate of drug-likeness (QED) is 0.0904. The summed E-state index contributed by atoms with van der Waals surface area (Å²) in [5.74, 6) is -1.30. The van der Waals surface area contributed by atoms with Crippen LogP contribution in [0.3, 0.4) is 0 Å². The van der Waals surface area contributed by atoms with Gasteiger partial charge in [-0.2, -0.15) is 18.4 Å². The number of likely N-dealkylation sites (tertiary alicyclic amines) is 1. The molecule has 5 aromatic rings. The number of anilines is 3. The van der Waals surface area contributed by atoms with Gasteiger partial charge in [-0.3, -0.25) is 24.1 Å². The van der Waals surface area contributed by atoms with E-state index >= 15 is 0 Å². The van der Waals surface area contributed by atoms with E-state index in [9.17, 15) is 42.7 Å². The molecule has 3 saturated heterocycles. The Bertz CT molecular complexity index is 2990. The number of amides is 4. The average molecular weight is 1070 g/mol. The van der Waals surface area contributed by atoms with E-state index in [4.69, 9.17) is 21.7 Å². The van der Waals surface area contributed by atoms with Gasteiger partial charge in [0.05, 0.1) is 57.3 Å². The predicted octanol–water partition coefficient (Wildman–Crippen LogP) is 8.12. The monoisotopic (exact) mass is 1070 g/mol. The van der Waals surface area contributed by atoms with Crippen molar-refractivity contribution in [1.82, 2.24) is 25.5 Å². The van der Waals surface area contributed by atoms with Crippen LogP contribution in [0.4, 0.5) is 30.2 Å². The number of aliphatic hydroxyl groups excluding tert-OH is 1. The minimum atomic E-state index is -4.81. The van der Waals surface area contributed by atoms with E-state index < -0.39 is 76.7 Å². The number of carbonyl (C=O) groups excluding carboxylic acids is 4. The van der Waals surface area contributed by atoms with Crippen molar-refractivity contribution in [3.8, 4) is 28.1 Å². The van der Waals surface area contributed by atoms with Crippen molar-refractivity contribution in [3.63, 3.8) is 0 Å². The summed E-state index contributed by atoms with van der Waals surface area (Å²) >= 11 is 7.25. The number of rotatable bonds is 14. The predicted molar refractivity (Wildman–Crippen MR) is 281 cm³/mol. The summed E-state index contributed by atoms with van der Waals surface area (Å²) < 4.78 is 53.4. The number of hydrogen-bond acceptors (Lipinski definition) is 13. The Morgan fingerprint density at radius 2 is 1.63 bits per heavy atom. The number of aryl methyl sites for hydroxylation is 1. The number of hydrogen-bond donors (Lipinski definition) is 3. The summed E-state index contributed by atoms with van der Waals surface area (Å²) in [6.07, 6.45) is -3.01. The van der Waals surface area contributed by atoms with Crippen LogP contribution in [0.2, 0.25) is 0 Å². The van der Waals surface area contributed by atoms with Gasteiger partial charge in [-0.1, -0.05) is 45.0 Å². The molecule has 3 fully saturated rings. The van der Waals surface area contributed by atoms with Crippen LogP contribution in [-0.4, -0.2) is 105 Å². The molecule has 2 aromatic heterocycles. The molecule has 8 rings (SSSR count). The lowest BCUT2D eigenvalue weighted by atomic mass is 9.85. The smallest absolute Gasteiger partial charge is 0.417 e. The number of aliphatic hydroxyl groups is 1. The van der Waals surface area contributed by atoms with E-state index in [1.165, 1.54) is 17.2 Å². The lowest BCUT2D eigenvalue weighted by Gasteiger charge is -2.35. The topological polar surface area (TPSA) is 194 Å². The summed E-state index contributed by atoms with van der Waals surface area (Å²) in [6, 6.07) is 20.8. The number of pyridine rings is 1. The summed E-state index contributed by atoms with van der Waals surface area (Å²) in [5.41, 5.74) is 2.36. The number of nitrogens with one attached hydrogen (secondary N) is 2. The molecular weight excluding hydrogens is 1010 g/mol. The van der Waals surface area contributed by atoms with Gasteiger partial charge >= 0.3 is 6.18 Å². The highest BCUT2D eigenvalue weighted by Gasteiger charge is 2.51. The van der Waals surface area contributed by atoms with Crippen molar-refractivity contribution >= 4 is 69.4 Å². The molecule has 75 heavy (non-hydrogen) atoms. The number of nitrogens with zero attached hydrogens (tertiary/aromatic N) is 7. The molecule has 4 amide bonds. The van der Waals surface area contributed by atoms with Gasteiger partial charge in [0, 0.05) is 56.3 Å². The Kier molecular flexibility index (Phi) is 15.6. The number of carbonyl (C=O) groups is 4. The second kappa shape index (κ2) is 21.6. The fraction of sp³-hybridized carbons (Fsp3) is 0.407. The molecule has 0 radical (unpaired) electrons. The van der Waals surface area contributed by atoms with Crippen LogP contribution in [0.1, 0.15) is 89.2 Å². The van der Waals surface area contributed by atoms with Gasteiger partial charge in [-0.25, -0.2) is 9.97 Å². The molecule has 4 atom stereocenters. The van der Waals surface area contributed by atoms with Crippen LogP contribution < -0.4 is 34.8 Å². The molecule has 394 valence electrons. The third-order valence-electron chi connectivity index (χ3n) is 13.7. The molecule has 1 unspecified atom stereocenters. The van der Waals surface area contributed by atoms with Crippen molar-refractivity contribution in [2.45, 2.75) is 110 Å². The van der Waals surface area contributed by atoms with Gasteiger partial charge in [0.15, 0.2) is 11.7 Å². The first kappa shape index (κ1) is 54.1. The normalized spacial score (nSPS) is 18.9. The Labute approximate surface area is 442 Å². The van der Waals surface area contributed by atoms with Crippen molar-refractivity contribution in [2.75, 3.05) is 40.9 Å². The van der Waals surface area contributed by atoms with Gasteiger partial charge < -0.3 is 39.9 Å². The molecule has 3 N–H and O–H groups in total. The molecule has 0 aliphatic carbocycles. The number of halogens is 3. The highest BCUT2D eigenvalue weighted by molar-refractivity contribution is 7.81. The molecule has 0 saturated carbocycles. The Balaban J connectivity index is 0.806. The average Bonchev–Trinajstić information content (AvgIpc) is 4.04. The molecular formula is C54H58F3N9O7S2. The minimum Gasteiger partial charge on any atom is -0.482 e. The van der Waals surface area contributed by atoms with Crippen LogP contribution in [0.25, 0.3) is 10.4 Å². The third kappa shape index (κ3) is 11.7. The van der Waals surface area contributed by atoms with E-state index in [0.717, 1.165) is 44.4 Å². The van der Waals surface area contributed by atoms with E-state index in [-0.39, 0.29) is 35.9 Å². The second-order valence-electron chi connectivity index (χ2n) is 20.5. The first-order valence-corrected chi connectivity index (χ1v) is 25.7. The van der Waals surface area contributed by atoms with Gasteiger partial charge in [0.1, 0.15) is 29.5 Å². The molecule has 3 aliphatic heterocycles. The molecule has 0 spiro atoms. The molecule has 5 heterocycles. The van der Waals surface area contributed by atoms with Crippen molar-refractivity contribution in [1.29, 1.82) is 5.26 Å². The van der Waals surface area contributed by atoms with Crippen LogP contribution >= 0.6 is 23.6 Å². The number of thiazole rings is 1. The summed E-state index contributed by atoms with van der Waals surface area (Å²) in [4.78, 5) is 70.9. The largest absolute Gasteiger partial charge is 0.482 e. The van der Waals surface area contributed by atoms with Crippen LogP contribution in [0.5, 0.6) is 11.6 Å². The maximum Gasteiger partial charge on any atom is 0.417 e. The summed E-state index contributed by atoms with van der Waals surface area (Å²) in [5, 5.41) is 25.8. The first-order chi connectivity index (χ1) is 35.4. The second-order valence-corrected chi connectivity index (χ2v) is 21.7. The molecule has 21 heteroatoms. The fourth-order valence-electron chi connectivity index (χ4n) is 9.56. The standard InChI is InChI=1S/C54H58F3N9O7S2/c1-31(33-8-10-34(11-9-33)46-32(2)60-30-75-46)61-48(69)43-25-39(67)28-64(43)49(70)47(52(3,4)5)62-44(68)29-72-41-18-19-45(59-27-41)73-40-20-22-63(23-21-40)36-14-16-37(17-15-36)66-51(74)65(50(71)53(66,6)7)38-13-12-35(26-58)42(24-38)54(55,56)57/h8-19,24,27,30-31,39-40,43,47,67H,20-23,25,28-29H2,1-7H3,(H,61,69)(H,62,68)/t31-,39+,43-,47?/m0/s1. The SMILES string of the molecule is Cc1ncsc1-c1ccc([C@H](C)NC(=O)[C@@H]2C[C@@H](O)CN2C(=O)C(NC(=O)COc2ccc(OC3CCN(c4ccc(N5C(=S)N(c6ccc(C#N)c(C(F)(F)F)c6)C(=O)C5(C)C)cc4)CC3)nc2)C(C)(C)C)cc1. The van der Waals surface area contributed by atoms with E-state index in [1.807, 2.05) is 62.4 Å². The number of ether oxygens (including phenoxy) is 2. The van der Waals surface area contributed by atoms with Crippen LogP contribution in [0, 0.1) is 23.7 Å². The zero-order valence-corrected chi connectivity index (χ0v) is 44.1. The van der Waals surface area contributed by atoms with Gasteiger partial charge in [-0.15, -0.1) is 11.3 Å². The summed E-state index contributed by atoms with van der Waals surface area (Å²) in [6.45, 7) is 13.4. The third-order valence-corrected chi connectivity index (χ3v) is 15.0. The number of benzene rings is 3. The van der Waals surface area contributed by atoms with Gasteiger partial charge in [0.25, 0.3) is 11.8 Å². The van der Waals surface area contributed by atoms with Gasteiger partial charge in [0.2, 0.25) is 17.7 Å². The van der Waals surface area contributed by atoms with Crippen LogP contribution in [0.15, 0.2) is 90.6 Å². The number of thiocarbonyl (C=S) groups is 1. The number of piperidine rings is 1. The summed E-state index contributed by atoms with van der Waals surface area (Å²) in [7, 11) is 0. The fourth-order valence-corrected chi connectivity index (χ4v) is 10.9. The zero-order chi connectivity index (χ0) is 54.1. The zero-order valence-electron chi connectivity index (χ0n) is 42.5. The van der Waals surface area contributed by atoms with E-state index in [2.05, 4.69) is 25.5 Å². The first-order valence-electron chi connectivity index (χ1n) is 24.4. The Morgan fingerprint density at radius 1 is 0.960 bits per heavy atom. The maximum atomic E-state index is 14.2. The number of aromatic nitrogens is 2. The molecule has 0 bridgehead atoms. The van der Waals surface area contributed by atoms with Gasteiger partial charge in [-0.05, 0) is 105 Å². The molecule has 3 aliphatic rings. The lowest BCUT2D eigenvalue weighted by molar-refractivity contribution is -0.144. The Hall–Kier alpha value is -7.15. The maximum absolute atomic E-state index is 14.2. The molecule has 16 nitrogen and oxygen atoms in total. The lowest BCUT2D eigenvalue weighted by Crippen LogP contribution is -2.58. The van der Waals surface area contributed by atoms with Crippen molar-refractivity contribution in [3.05, 3.63) is 113 Å². The Morgan fingerprint density at radius 3 is 2.23 bits per heavy atom. The molecule has 3 aromatic carbocycles. The minimum absolute atomic E-state index is 0.0103. The van der Waals surface area contributed by atoms with Crippen molar-refractivity contribution in [2.24, 2.45) is 5.41 Å². The number of alkyl halides is 3.